The predicted molar refractivity (Wildman–Crippen MR) is 65.2 cm³/mol. The van der Waals surface area contributed by atoms with Gasteiger partial charge in [0.25, 0.3) is 0 Å². The van der Waals surface area contributed by atoms with Crippen LogP contribution in [0.1, 0.15) is 0 Å². The summed E-state index contributed by atoms with van der Waals surface area (Å²) in [5, 5.41) is 0. The number of hydrogen-bond donors (Lipinski definition) is 0. The van der Waals surface area contributed by atoms with Gasteiger partial charge in [-0.2, -0.15) is 0 Å². The van der Waals surface area contributed by atoms with Crippen LogP contribution in [0.25, 0.3) is 0 Å². The molecule has 0 saturated heterocycles. The Morgan fingerprint density at radius 1 is 0.882 bits per heavy atom. The quantitative estimate of drug-likeness (QED) is 0.771. The van der Waals surface area contributed by atoms with Crippen LogP contribution < -0.4 is 0 Å². The van der Waals surface area contributed by atoms with Crippen molar-refractivity contribution in [3.63, 3.8) is 0 Å². The highest BCUT2D eigenvalue weighted by Crippen LogP contribution is 2.23. The summed E-state index contributed by atoms with van der Waals surface area (Å²) < 4.78 is 38.8. The molecule has 2 rings (SSSR count). The summed E-state index contributed by atoms with van der Waals surface area (Å²) in [4.78, 5) is 0.614. The van der Waals surface area contributed by atoms with Crippen LogP contribution in [0, 0.1) is 11.6 Å². The molecule has 2 aromatic rings. The zero-order chi connectivity index (χ0) is 12.4. The van der Waals surface area contributed by atoms with E-state index in [0.29, 0.717) is 4.90 Å². The molecule has 0 N–H and O–H groups in total. The number of hydrogen-bond acceptors (Lipinski definition) is 1. The van der Waals surface area contributed by atoms with E-state index in [1.54, 1.807) is 24.3 Å². The Hall–Kier alpha value is -0.910. The number of benzene rings is 2. The average Bonchev–Trinajstić information content (AvgIpc) is 2.28. The molecule has 0 aliphatic rings. The van der Waals surface area contributed by atoms with Crippen molar-refractivity contribution in [3.05, 3.63) is 58.6 Å². The molecule has 0 unspecified atom stereocenters. The van der Waals surface area contributed by atoms with Crippen LogP contribution in [0.4, 0.5) is 8.78 Å². The summed E-state index contributed by atoms with van der Waals surface area (Å²) >= 11 is 1.68. The molecule has 0 radical (unpaired) electrons. The molecule has 0 aromatic heterocycles. The fourth-order valence-corrected chi connectivity index (χ4v) is 2.69. The van der Waals surface area contributed by atoms with Crippen molar-refractivity contribution >= 4 is 27.1 Å². The fraction of sp³-hybridized carbons (Fsp3) is 0. The largest absolute Gasteiger partial charge is 0.606 e. The van der Waals surface area contributed by atoms with Crippen LogP contribution in [0.15, 0.2) is 56.7 Å². The summed E-state index contributed by atoms with van der Waals surface area (Å²) in [5.41, 5.74) is 0. The first-order valence-electron chi connectivity index (χ1n) is 4.70. The van der Waals surface area contributed by atoms with E-state index < -0.39 is 22.8 Å². The minimum Gasteiger partial charge on any atom is -0.606 e. The van der Waals surface area contributed by atoms with Gasteiger partial charge in [0.15, 0.2) is 9.79 Å². The Balaban J connectivity index is 2.36. The van der Waals surface area contributed by atoms with Crippen LogP contribution in [0.5, 0.6) is 0 Å². The molecule has 0 heterocycles. The summed E-state index contributed by atoms with van der Waals surface area (Å²) in [5.74, 6) is -1.46. The van der Waals surface area contributed by atoms with E-state index in [2.05, 4.69) is 15.9 Å². The van der Waals surface area contributed by atoms with Gasteiger partial charge in [0.05, 0.1) is 0 Å². The highest BCUT2D eigenvalue weighted by Gasteiger charge is 2.16. The minimum absolute atomic E-state index is 0.116. The molecule has 0 spiro atoms. The van der Waals surface area contributed by atoms with E-state index in [1.165, 1.54) is 0 Å². The van der Waals surface area contributed by atoms with Crippen LogP contribution in [-0.4, -0.2) is 4.55 Å². The van der Waals surface area contributed by atoms with E-state index in [9.17, 15) is 13.3 Å². The zero-order valence-corrected chi connectivity index (χ0v) is 10.9. The lowest BCUT2D eigenvalue weighted by molar-refractivity contribution is 0.567. The molecule has 0 saturated carbocycles. The van der Waals surface area contributed by atoms with Crippen molar-refractivity contribution in [1.82, 2.24) is 0 Å². The van der Waals surface area contributed by atoms with Gasteiger partial charge < -0.3 is 4.55 Å². The second-order valence-corrected chi connectivity index (χ2v) is 5.72. The van der Waals surface area contributed by atoms with E-state index in [-0.39, 0.29) is 4.90 Å². The van der Waals surface area contributed by atoms with Crippen molar-refractivity contribution in [3.8, 4) is 0 Å². The zero-order valence-electron chi connectivity index (χ0n) is 8.49. The molecule has 88 valence electrons. The van der Waals surface area contributed by atoms with Gasteiger partial charge in [0, 0.05) is 33.8 Å². The number of halogens is 3. The summed E-state index contributed by atoms with van der Waals surface area (Å²) in [7, 11) is 0. The van der Waals surface area contributed by atoms with Crippen LogP contribution >= 0.6 is 15.9 Å². The monoisotopic (exact) mass is 316 g/mol. The first kappa shape index (κ1) is 12.5. The molecule has 1 nitrogen and oxygen atoms in total. The molecule has 0 aliphatic carbocycles. The lowest BCUT2D eigenvalue weighted by atomic mass is 10.3. The third-order valence-corrected chi connectivity index (χ3v) is 3.97. The molecule has 0 bridgehead atoms. The van der Waals surface area contributed by atoms with Crippen molar-refractivity contribution < 1.29 is 13.3 Å². The van der Waals surface area contributed by atoms with Gasteiger partial charge in [-0.15, -0.1) is 0 Å². The first-order valence-corrected chi connectivity index (χ1v) is 6.64. The average molecular weight is 317 g/mol. The van der Waals surface area contributed by atoms with E-state index in [1.807, 2.05) is 0 Å². The van der Waals surface area contributed by atoms with Crippen LogP contribution in [0.3, 0.4) is 0 Å². The van der Waals surface area contributed by atoms with E-state index in [0.717, 1.165) is 22.7 Å². The topological polar surface area (TPSA) is 23.1 Å². The Morgan fingerprint density at radius 2 is 1.41 bits per heavy atom. The van der Waals surface area contributed by atoms with E-state index >= 15 is 0 Å². The molecule has 17 heavy (non-hydrogen) atoms. The van der Waals surface area contributed by atoms with Gasteiger partial charge in [0.1, 0.15) is 11.6 Å². The first-order chi connectivity index (χ1) is 8.06. The standard InChI is InChI=1S/C12H7BrF2OS/c13-8-1-3-11(4-2-8)17(16)12-6-9(14)5-10(15)7-12/h1-7H/t17-/m1/s1. The normalized spacial score (nSPS) is 12.5. The summed E-state index contributed by atoms with van der Waals surface area (Å²) in [6.07, 6.45) is 0. The third-order valence-electron chi connectivity index (χ3n) is 2.08. The Bertz CT molecular complexity index is 510. The highest BCUT2D eigenvalue weighted by molar-refractivity contribution is 9.10. The lowest BCUT2D eigenvalue weighted by Gasteiger charge is -2.09. The van der Waals surface area contributed by atoms with Crippen LogP contribution in [-0.2, 0) is 11.2 Å². The molecule has 0 aliphatic heterocycles. The predicted octanol–water partition coefficient (Wildman–Crippen LogP) is 3.89. The molecule has 0 amide bonds. The minimum atomic E-state index is -1.58. The van der Waals surface area contributed by atoms with Crippen LogP contribution in [0.2, 0.25) is 0 Å². The Morgan fingerprint density at radius 3 is 1.94 bits per heavy atom. The summed E-state index contributed by atoms with van der Waals surface area (Å²) in [6, 6.07) is 9.63. The maximum absolute atomic E-state index is 13.0. The van der Waals surface area contributed by atoms with Gasteiger partial charge >= 0.3 is 0 Å². The van der Waals surface area contributed by atoms with Crippen molar-refractivity contribution in [2.75, 3.05) is 0 Å². The molecule has 1 atom stereocenters. The maximum Gasteiger partial charge on any atom is 0.164 e. The van der Waals surface area contributed by atoms with Crippen molar-refractivity contribution in [1.29, 1.82) is 0 Å². The Labute approximate surface area is 109 Å². The lowest BCUT2D eigenvalue weighted by Crippen LogP contribution is -2.03. The van der Waals surface area contributed by atoms with Gasteiger partial charge in [-0.1, -0.05) is 15.9 Å². The van der Waals surface area contributed by atoms with Crippen molar-refractivity contribution in [2.45, 2.75) is 9.79 Å². The van der Waals surface area contributed by atoms with E-state index in [4.69, 9.17) is 0 Å². The second-order valence-electron chi connectivity index (χ2n) is 3.33. The van der Waals surface area contributed by atoms with Crippen molar-refractivity contribution in [2.24, 2.45) is 0 Å². The third kappa shape index (κ3) is 3.06. The fourth-order valence-electron chi connectivity index (χ4n) is 1.33. The summed E-state index contributed by atoms with van der Waals surface area (Å²) in [6.45, 7) is 0. The number of rotatable bonds is 2. The molecule has 0 fully saturated rings. The van der Waals surface area contributed by atoms with Gasteiger partial charge in [0.2, 0.25) is 0 Å². The molecule has 2 aromatic carbocycles. The molecular formula is C12H7BrF2OS. The van der Waals surface area contributed by atoms with Gasteiger partial charge in [-0.05, 0) is 24.3 Å². The van der Waals surface area contributed by atoms with Gasteiger partial charge in [-0.25, -0.2) is 8.78 Å². The van der Waals surface area contributed by atoms with Gasteiger partial charge in [-0.3, -0.25) is 0 Å². The highest BCUT2D eigenvalue weighted by atomic mass is 79.9. The second kappa shape index (κ2) is 5.16. The molecule has 5 heteroatoms. The maximum atomic E-state index is 13.0. The Kier molecular flexibility index (Phi) is 3.81. The SMILES string of the molecule is [O-][S@+](c1ccc(Br)cc1)c1cc(F)cc(F)c1. The molecular weight excluding hydrogens is 310 g/mol. The smallest absolute Gasteiger partial charge is 0.164 e.